The highest BCUT2D eigenvalue weighted by atomic mass is 16.4. The number of nitrogens with one attached hydrogen (secondary N) is 4. The predicted octanol–water partition coefficient (Wildman–Crippen LogP) is -0.900. The average Bonchev–Trinajstić information content (AvgIpc) is 3.36. The summed E-state index contributed by atoms with van der Waals surface area (Å²) in [6.07, 6.45) is 4.22. The number of benzene rings is 1. The van der Waals surface area contributed by atoms with E-state index in [1.54, 1.807) is 6.20 Å². The van der Waals surface area contributed by atoms with Crippen molar-refractivity contribution in [3.8, 4) is 0 Å². The molecule has 0 aliphatic heterocycles. The minimum atomic E-state index is -1.37. The molecule has 2 rings (SSSR count). The number of carbonyl (C=O) groups is 5. The van der Waals surface area contributed by atoms with Crippen LogP contribution in [-0.2, 0) is 30.4 Å². The molecule has 42 heavy (non-hydrogen) atoms. The van der Waals surface area contributed by atoms with E-state index in [1.807, 2.05) is 24.3 Å². The van der Waals surface area contributed by atoms with Gasteiger partial charge in [-0.15, -0.1) is 0 Å². The van der Waals surface area contributed by atoms with Crippen LogP contribution in [0.15, 0.2) is 30.5 Å². The van der Waals surface area contributed by atoms with Crippen LogP contribution in [0, 0.1) is 0 Å². The molecule has 0 radical (unpaired) electrons. The normalized spacial score (nSPS) is 14.0. The SMILES string of the molecule is NCCCCC(NC(=O)C(N)Cc1c[nH]c2ccccc12)C(=O)NC(CCCCN)C(=O)NC(CCC(N)=O)C(=O)O. The van der Waals surface area contributed by atoms with Crippen LogP contribution in [-0.4, -0.2) is 76.9 Å². The Balaban J connectivity index is 2.14. The van der Waals surface area contributed by atoms with E-state index in [1.165, 1.54) is 0 Å². The second kappa shape index (κ2) is 17.7. The summed E-state index contributed by atoms with van der Waals surface area (Å²) < 4.78 is 0. The van der Waals surface area contributed by atoms with E-state index in [9.17, 15) is 29.1 Å². The van der Waals surface area contributed by atoms with Crippen LogP contribution in [0.1, 0.15) is 56.9 Å². The Hall–Kier alpha value is -4.01. The van der Waals surface area contributed by atoms with Crippen molar-refractivity contribution in [3.63, 3.8) is 0 Å². The minimum absolute atomic E-state index is 0.181. The third-order valence-electron chi connectivity index (χ3n) is 6.91. The molecule has 14 nitrogen and oxygen atoms in total. The molecular weight excluding hydrogens is 544 g/mol. The van der Waals surface area contributed by atoms with E-state index in [2.05, 4.69) is 20.9 Å². The van der Waals surface area contributed by atoms with E-state index < -0.39 is 53.8 Å². The quantitative estimate of drug-likeness (QED) is 0.0866. The second-order valence-corrected chi connectivity index (χ2v) is 10.3. The number of para-hydroxylation sites is 1. The summed E-state index contributed by atoms with van der Waals surface area (Å²) in [5.74, 6) is -3.93. The first-order chi connectivity index (χ1) is 20.1. The van der Waals surface area contributed by atoms with Gasteiger partial charge < -0.3 is 49.0 Å². The number of aromatic nitrogens is 1. The fourth-order valence-corrected chi connectivity index (χ4v) is 4.52. The van der Waals surface area contributed by atoms with E-state index in [4.69, 9.17) is 22.9 Å². The Labute approximate surface area is 244 Å². The number of carboxylic acids is 1. The molecule has 13 N–H and O–H groups in total. The molecule has 1 aromatic carbocycles. The van der Waals surface area contributed by atoms with Gasteiger partial charge in [0.15, 0.2) is 0 Å². The Bertz CT molecular complexity index is 1200. The van der Waals surface area contributed by atoms with Gasteiger partial charge in [-0.1, -0.05) is 18.2 Å². The number of fused-ring (bicyclic) bond motifs is 1. The van der Waals surface area contributed by atoms with Crippen LogP contribution in [0.4, 0.5) is 0 Å². The zero-order valence-electron chi connectivity index (χ0n) is 23.8. The zero-order chi connectivity index (χ0) is 31.1. The third kappa shape index (κ3) is 11.1. The highest BCUT2D eigenvalue weighted by Crippen LogP contribution is 2.19. The molecule has 1 heterocycles. The molecule has 0 aliphatic carbocycles. The summed E-state index contributed by atoms with van der Waals surface area (Å²) in [5, 5.41) is 18.2. The lowest BCUT2D eigenvalue weighted by Gasteiger charge is -2.25. The molecular formula is C28H44N8O6. The van der Waals surface area contributed by atoms with Crippen LogP contribution in [0.2, 0.25) is 0 Å². The van der Waals surface area contributed by atoms with Gasteiger partial charge >= 0.3 is 5.97 Å². The highest BCUT2D eigenvalue weighted by molar-refractivity contribution is 5.94. The lowest BCUT2D eigenvalue weighted by molar-refractivity contribution is -0.142. The summed E-state index contributed by atoms with van der Waals surface area (Å²) >= 11 is 0. The highest BCUT2D eigenvalue weighted by Gasteiger charge is 2.30. The van der Waals surface area contributed by atoms with Crippen LogP contribution < -0.4 is 38.9 Å². The molecule has 1 aromatic heterocycles. The summed E-state index contributed by atoms with van der Waals surface area (Å²) in [6.45, 7) is 0.763. The monoisotopic (exact) mass is 588 g/mol. The summed E-state index contributed by atoms with van der Waals surface area (Å²) in [4.78, 5) is 65.4. The van der Waals surface area contributed by atoms with Gasteiger partial charge in [0.25, 0.3) is 0 Å². The maximum atomic E-state index is 13.4. The molecule has 0 fully saturated rings. The van der Waals surface area contributed by atoms with Gasteiger partial charge in [-0.05, 0) is 76.1 Å². The van der Waals surface area contributed by atoms with Crippen molar-refractivity contribution >= 4 is 40.5 Å². The predicted molar refractivity (Wildman–Crippen MR) is 158 cm³/mol. The number of carboxylic acid groups (broad SMARTS) is 1. The van der Waals surface area contributed by atoms with Gasteiger partial charge in [-0.2, -0.15) is 0 Å². The molecule has 0 aliphatic rings. The van der Waals surface area contributed by atoms with Crippen molar-refractivity contribution in [1.29, 1.82) is 0 Å². The zero-order valence-corrected chi connectivity index (χ0v) is 23.8. The Morgan fingerprint density at radius 2 is 1.33 bits per heavy atom. The van der Waals surface area contributed by atoms with Crippen LogP contribution >= 0.6 is 0 Å². The third-order valence-corrected chi connectivity index (χ3v) is 6.91. The Kier molecular flexibility index (Phi) is 14.4. The van der Waals surface area contributed by atoms with E-state index >= 15 is 0 Å². The molecule has 4 amide bonds. The van der Waals surface area contributed by atoms with E-state index in [0.717, 1.165) is 16.5 Å². The second-order valence-electron chi connectivity index (χ2n) is 10.3. The number of hydrogen-bond donors (Lipinski definition) is 9. The van der Waals surface area contributed by atoms with Crippen molar-refractivity contribution in [1.82, 2.24) is 20.9 Å². The van der Waals surface area contributed by atoms with Gasteiger partial charge in [0.2, 0.25) is 23.6 Å². The van der Waals surface area contributed by atoms with Gasteiger partial charge in [-0.25, -0.2) is 4.79 Å². The molecule has 0 bridgehead atoms. The lowest BCUT2D eigenvalue weighted by atomic mass is 10.0. The molecule has 0 spiro atoms. The van der Waals surface area contributed by atoms with Crippen LogP contribution in [0.25, 0.3) is 10.9 Å². The van der Waals surface area contributed by atoms with Crippen molar-refractivity contribution in [2.24, 2.45) is 22.9 Å². The van der Waals surface area contributed by atoms with E-state index in [0.29, 0.717) is 38.8 Å². The van der Waals surface area contributed by atoms with Crippen LogP contribution in [0.5, 0.6) is 0 Å². The number of unbranched alkanes of at least 4 members (excludes halogenated alkanes) is 2. The fourth-order valence-electron chi connectivity index (χ4n) is 4.52. The summed E-state index contributed by atoms with van der Waals surface area (Å²) in [7, 11) is 0. The summed E-state index contributed by atoms with van der Waals surface area (Å²) in [6, 6.07) is 3.19. The summed E-state index contributed by atoms with van der Waals surface area (Å²) in [5.41, 5.74) is 24.3. The molecule has 14 heteroatoms. The number of carbonyl (C=O) groups excluding carboxylic acids is 4. The van der Waals surface area contributed by atoms with Gasteiger partial charge in [0.1, 0.15) is 18.1 Å². The molecule has 2 aromatic rings. The Morgan fingerprint density at radius 1 is 0.786 bits per heavy atom. The number of aromatic amines is 1. The largest absolute Gasteiger partial charge is 0.480 e. The van der Waals surface area contributed by atoms with Crippen molar-refractivity contribution in [2.45, 2.75) is 82.0 Å². The van der Waals surface area contributed by atoms with Crippen molar-refractivity contribution in [3.05, 3.63) is 36.0 Å². The van der Waals surface area contributed by atoms with Crippen molar-refractivity contribution in [2.75, 3.05) is 13.1 Å². The topological polar surface area (TPSA) is 262 Å². The molecule has 232 valence electrons. The van der Waals surface area contributed by atoms with Gasteiger partial charge in [0.05, 0.1) is 6.04 Å². The van der Waals surface area contributed by atoms with Gasteiger partial charge in [0, 0.05) is 23.5 Å². The fraction of sp³-hybridized carbons (Fsp3) is 0.536. The molecule has 4 atom stereocenters. The number of amides is 4. The minimum Gasteiger partial charge on any atom is -0.480 e. The number of hydrogen-bond acceptors (Lipinski definition) is 8. The van der Waals surface area contributed by atoms with Crippen LogP contribution in [0.3, 0.4) is 0 Å². The molecule has 0 saturated carbocycles. The standard InChI is InChI=1S/C28H44N8O6/c29-13-5-3-9-21(34-25(38)19(31)15-17-16-33-20-8-2-1-7-18(17)20)26(39)35-22(10-4-6-14-30)27(40)36-23(28(41)42)11-12-24(32)37/h1-2,7-8,16,19,21-23,33H,3-6,9-15,29-31H2,(H2,32,37)(H,34,38)(H,35,39)(H,36,40)(H,41,42). The number of H-pyrrole nitrogens is 1. The van der Waals surface area contributed by atoms with E-state index in [-0.39, 0.29) is 32.1 Å². The molecule has 0 saturated heterocycles. The molecule has 4 unspecified atom stereocenters. The number of primary amides is 1. The Morgan fingerprint density at radius 3 is 1.88 bits per heavy atom. The lowest BCUT2D eigenvalue weighted by Crippen LogP contribution is -2.57. The van der Waals surface area contributed by atoms with Crippen molar-refractivity contribution < 1.29 is 29.1 Å². The maximum Gasteiger partial charge on any atom is 0.326 e. The smallest absolute Gasteiger partial charge is 0.326 e. The average molecular weight is 589 g/mol. The van der Waals surface area contributed by atoms with Gasteiger partial charge in [-0.3, -0.25) is 19.2 Å². The number of aliphatic carboxylic acids is 1. The number of nitrogens with two attached hydrogens (primary N) is 4. The maximum absolute atomic E-state index is 13.4. The number of rotatable bonds is 20. The first-order valence-electron chi connectivity index (χ1n) is 14.2. The first-order valence-corrected chi connectivity index (χ1v) is 14.2. The first kappa shape index (κ1) is 34.2.